The van der Waals surface area contributed by atoms with Crippen LogP contribution in [0.15, 0.2) is 16.5 Å². The van der Waals surface area contributed by atoms with Gasteiger partial charge in [-0.3, -0.25) is 9.48 Å². The maximum atomic E-state index is 13.2. The molecule has 1 amide bonds. The van der Waals surface area contributed by atoms with Crippen molar-refractivity contribution < 1.29 is 36.3 Å². The first-order valence-corrected chi connectivity index (χ1v) is 9.20. The highest BCUT2D eigenvalue weighted by Crippen LogP contribution is 2.35. The highest BCUT2D eigenvalue weighted by atomic mass is 35.5. The summed E-state index contributed by atoms with van der Waals surface area (Å²) in [7, 11) is 0. The summed E-state index contributed by atoms with van der Waals surface area (Å²) in [4.78, 5) is 23.9. The molecule has 13 heteroatoms. The molecule has 29 heavy (non-hydrogen) atoms. The second kappa shape index (κ2) is 10.0. The average molecular weight is 458 g/mol. The van der Waals surface area contributed by atoms with Crippen LogP contribution in [0.5, 0.6) is 0 Å². The van der Waals surface area contributed by atoms with E-state index in [4.69, 9.17) is 20.8 Å². The van der Waals surface area contributed by atoms with Crippen molar-refractivity contribution in [2.24, 2.45) is 0 Å². The molecule has 0 unspecified atom stereocenters. The number of alkyl halides is 4. The molecule has 1 N–H and O–H groups in total. The predicted octanol–water partition coefficient (Wildman–Crippen LogP) is 3.64. The fourth-order valence-corrected chi connectivity index (χ4v) is 2.87. The lowest BCUT2D eigenvalue weighted by Crippen LogP contribution is -2.43. The van der Waals surface area contributed by atoms with E-state index in [1.54, 1.807) is 6.92 Å². The average Bonchev–Trinajstić information content (AvgIpc) is 3.24. The van der Waals surface area contributed by atoms with Crippen molar-refractivity contribution in [1.82, 2.24) is 15.1 Å². The van der Waals surface area contributed by atoms with Crippen molar-refractivity contribution in [1.29, 1.82) is 0 Å². The van der Waals surface area contributed by atoms with Gasteiger partial charge in [0, 0.05) is 5.75 Å². The van der Waals surface area contributed by atoms with Gasteiger partial charge in [-0.1, -0.05) is 11.6 Å². The minimum Gasteiger partial charge on any atom is -0.464 e. The fraction of sp³-hybridized carbons (Fsp3) is 0.438. The Kier molecular flexibility index (Phi) is 7.96. The van der Waals surface area contributed by atoms with Gasteiger partial charge in [0.2, 0.25) is 0 Å². The van der Waals surface area contributed by atoms with Crippen LogP contribution >= 0.6 is 24.2 Å². The number of nitrogens with zero attached hydrogens (tertiary/aromatic N) is 2. The third-order valence-electron chi connectivity index (χ3n) is 3.62. The van der Waals surface area contributed by atoms with E-state index in [1.165, 1.54) is 12.1 Å². The molecule has 2 aromatic heterocycles. The number of hydrogen-bond donors (Lipinski definition) is 2. The van der Waals surface area contributed by atoms with E-state index in [0.717, 1.165) is 0 Å². The Morgan fingerprint density at radius 3 is 2.55 bits per heavy atom. The van der Waals surface area contributed by atoms with Crippen LogP contribution in [-0.2, 0) is 16.1 Å². The molecule has 0 aliphatic carbocycles. The number of esters is 1. The number of furan rings is 1. The van der Waals surface area contributed by atoms with Gasteiger partial charge in [-0.25, -0.2) is 22.4 Å². The third kappa shape index (κ3) is 5.44. The summed E-state index contributed by atoms with van der Waals surface area (Å²) in [6.07, 6.45) is -6.29. The molecule has 0 saturated carbocycles. The molecule has 2 heterocycles. The van der Waals surface area contributed by atoms with Crippen molar-refractivity contribution in [3.05, 3.63) is 40.1 Å². The Hall–Kier alpha value is -2.21. The Morgan fingerprint density at radius 1 is 1.31 bits per heavy atom. The number of nitrogens with one attached hydrogen (secondary N) is 1. The van der Waals surface area contributed by atoms with Crippen molar-refractivity contribution in [3.63, 3.8) is 0 Å². The molecule has 0 aromatic carbocycles. The summed E-state index contributed by atoms with van der Waals surface area (Å²) < 4.78 is 62.8. The smallest absolute Gasteiger partial charge is 0.329 e. The zero-order valence-electron chi connectivity index (χ0n) is 14.9. The van der Waals surface area contributed by atoms with E-state index in [9.17, 15) is 27.2 Å². The molecule has 2 aromatic rings. The molecule has 1 atom stereocenters. The van der Waals surface area contributed by atoms with Gasteiger partial charge in [0.05, 0.1) is 18.2 Å². The standard InChI is InChI=1S/C16H16ClF4N3O4S/c1-2-27-16(26)8(6-29)22-15(25)9-4-3-7(28-9)5-24-12(14(20)21)10(17)11(23-24)13(18)19/h3-4,8,13-14,29H,2,5-6H2,1H3,(H,22,25)/t8-/m0/s1. The van der Waals surface area contributed by atoms with Gasteiger partial charge in [-0.15, -0.1) is 0 Å². The highest BCUT2D eigenvalue weighted by Gasteiger charge is 2.29. The summed E-state index contributed by atoms with van der Waals surface area (Å²) in [6, 6.07) is 1.48. The molecule has 0 fully saturated rings. The Balaban J connectivity index is 2.17. The van der Waals surface area contributed by atoms with Crippen LogP contribution in [0.25, 0.3) is 0 Å². The van der Waals surface area contributed by atoms with Gasteiger partial charge in [0.15, 0.2) is 5.76 Å². The zero-order valence-corrected chi connectivity index (χ0v) is 16.5. The molecule has 0 radical (unpaired) electrons. The quantitative estimate of drug-likeness (QED) is 0.341. The van der Waals surface area contributed by atoms with Crippen LogP contribution in [0.4, 0.5) is 17.6 Å². The Bertz CT molecular complexity index is 874. The maximum absolute atomic E-state index is 13.2. The molecule has 7 nitrogen and oxygen atoms in total. The van der Waals surface area contributed by atoms with Crippen LogP contribution < -0.4 is 5.32 Å². The van der Waals surface area contributed by atoms with Gasteiger partial charge in [0.1, 0.15) is 23.2 Å². The van der Waals surface area contributed by atoms with Gasteiger partial charge >= 0.3 is 5.97 Å². The van der Waals surface area contributed by atoms with E-state index >= 15 is 0 Å². The lowest BCUT2D eigenvalue weighted by molar-refractivity contribution is -0.144. The summed E-state index contributed by atoms with van der Waals surface area (Å²) in [5.41, 5.74) is -1.86. The second-order valence-electron chi connectivity index (χ2n) is 5.57. The first-order chi connectivity index (χ1) is 13.7. The summed E-state index contributed by atoms with van der Waals surface area (Å²) in [5, 5.41) is 4.94. The molecular formula is C16H16ClF4N3O4S. The molecule has 160 valence electrons. The van der Waals surface area contributed by atoms with Crippen LogP contribution in [0.1, 0.15) is 47.5 Å². The molecule has 0 aliphatic heterocycles. The van der Waals surface area contributed by atoms with Crippen molar-refractivity contribution in [2.45, 2.75) is 32.4 Å². The van der Waals surface area contributed by atoms with Crippen LogP contribution in [-0.4, -0.2) is 40.1 Å². The molecule has 0 bridgehead atoms. The summed E-state index contributed by atoms with van der Waals surface area (Å²) in [5.74, 6) is -1.74. The van der Waals surface area contributed by atoms with E-state index in [1.807, 2.05) is 0 Å². The number of hydrogen-bond acceptors (Lipinski definition) is 6. The van der Waals surface area contributed by atoms with E-state index in [-0.39, 0.29) is 23.9 Å². The topological polar surface area (TPSA) is 86.4 Å². The summed E-state index contributed by atoms with van der Waals surface area (Å²) >= 11 is 9.54. The van der Waals surface area contributed by atoms with Crippen molar-refractivity contribution in [3.8, 4) is 0 Å². The molecular weight excluding hydrogens is 442 g/mol. The van der Waals surface area contributed by atoms with Crippen molar-refractivity contribution in [2.75, 3.05) is 12.4 Å². The normalized spacial score (nSPS) is 12.4. The Labute approximate surface area is 172 Å². The van der Waals surface area contributed by atoms with Crippen molar-refractivity contribution >= 4 is 36.1 Å². The predicted molar refractivity (Wildman–Crippen MR) is 96.7 cm³/mol. The Morgan fingerprint density at radius 2 is 2.00 bits per heavy atom. The minimum absolute atomic E-state index is 0.0180. The van der Waals surface area contributed by atoms with E-state index in [0.29, 0.717) is 4.68 Å². The van der Waals surface area contributed by atoms with E-state index < -0.39 is 53.7 Å². The molecule has 0 spiro atoms. The number of aromatic nitrogens is 2. The number of halogens is 5. The SMILES string of the molecule is CCOC(=O)[C@H](CS)NC(=O)c1ccc(Cn2nc(C(F)F)c(Cl)c2C(F)F)o1. The number of amides is 1. The minimum atomic E-state index is -3.15. The van der Waals surface area contributed by atoms with E-state index in [2.05, 4.69) is 23.0 Å². The molecule has 0 saturated heterocycles. The van der Waals surface area contributed by atoms with Gasteiger partial charge < -0.3 is 14.5 Å². The van der Waals surface area contributed by atoms with Crippen LogP contribution in [0, 0.1) is 0 Å². The molecule has 0 aliphatic rings. The van der Waals surface area contributed by atoms with Gasteiger partial charge in [-0.2, -0.15) is 17.7 Å². The maximum Gasteiger partial charge on any atom is 0.329 e. The lowest BCUT2D eigenvalue weighted by Gasteiger charge is -2.14. The van der Waals surface area contributed by atoms with Crippen LogP contribution in [0.3, 0.4) is 0 Å². The third-order valence-corrected chi connectivity index (χ3v) is 4.37. The molecule has 2 rings (SSSR count). The highest BCUT2D eigenvalue weighted by molar-refractivity contribution is 7.80. The first kappa shape index (κ1) is 23.1. The number of carbonyl (C=O) groups is 2. The number of rotatable bonds is 9. The second-order valence-corrected chi connectivity index (χ2v) is 6.31. The van der Waals surface area contributed by atoms with Gasteiger partial charge in [0.25, 0.3) is 18.8 Å². The summed E-state index contributed by atoms with van der Waals surface area (Å²) in [6.45, 7) is 1.25. The number of carbonyl (C=O) groups excluding carboxylic acids is 2. The van der Waals surface area contributed by atoms with Crippen LogP contribution in [0.2, 0.25) is 5.02 Å². The zero-order chi connectivity index (χ0) is 21.7. The lowest BCUT2D eigenvalue weighted by atomic mass is 10.3. The largest absolute Gasteiger partial charge is 0.464 e. The monoisotopic (exact) mass is 457 g/mol. The first-order valence-electron chi connectivity index (χ1n) is 8.19. The number of ether oxygens (including phenoxy) is 1. The number of thiol groups is 1. The van der Waals surface area contributed by atoms with Gasteiger partial charge in [-0.05, 0) is 19.1 Å². The fourth-order valence-electron chi connectivity index (χ4n) is 2.32.